The fourth-order valence-electron chi connectivity index (χ4n) is 3.70. The van der Waals surface area contributed by atoms with Gasteiger partial charge in [0.2, 0.25) is 15.9 Å². The first-order valence-corrected chi connectivity index (χ1v) is 12.0. The number of para-hydroxylation sites is 1. The van der Waals surface area contributed by atoms with Gasteiger partial charge in [-0.15, -0.1) is 0 Å². The van der Waals surface area contributed by atoms with Crippen molar-refractivity contribution < 1.29 is 22.3 Å². The second-order valence-electron chi connectivity index (χ2n) is 7.99. The molecular weight excluding hydrogens is 419 g/mol. The smallest absolute Gasteiger partial charge is 0.243 e. The van der Waals surface area contributed by atoms with Crippen molar-refractivity contribution in [1.82, 2.24) is 9.62 Å². The molecule has 1 saturated heterocycles. The Balaban J connectivity index is 1.52. The molecule has 1 aliphatic heterocycles. The minimum atomic E-state index is -3.76. The molecule has 1 fully saturated rings. The van der Waals surface area contributed by atoms with Crippen molar-refractivity contribution in [3.63, 3.8) is 0 Å². The maximum absolute atomic E-state index is 13.1. The molecule has 2 aromatic carbocycles. The van der Waals surface area contributed by atoms with Crippen LogP contribution in [0.1, 0.15) is 38.2 Å². The number of carbonyl (C=O) groups excluding carboxylic acids is 1. The molecule has 0 spiro atoms. The van der Waals surface area contributed by atoms with Gasteiger partial charge in [0.25, 0.3) is 0 Å². The average molecular weight is 449 g/mol. The highest BCUT2D eigenvalue weighted by Gasteiger charge is 2.33. The van der Waals surface area contributed by atoms with Crippen LogP contribution in [0, 0.1) is 11.7 Å². The summed E-state index contributed by atoms with van der Waals surface area (Å²) in [6.07, 6.45) is 1.22. The summed E-state index contributed by atoms with van der Waals surface area (Å²) in [5.74, 6) is 0.0443. The van der Waals surface area contributed by atoms with Gasteiger partial charge in [-0.25, -0.2) is 12.8 Å². The van der Waals surface area contributed by atoms with Crippen molar-refractivity contribution in [2.75, 3.05) is 26.2 Å². The van der Waals surface area contributed by atoms with E-state index in [4.69, 9.17) is 4.74 Å². The summed E-state index contributed by atoms with van der Waals surface area (Å²) in [5.41, 5.74) is 1.11. The standard InChI is InChI=1S/C23H29FN2O4S/c1-17(2)21-7-3-4-8-22(21)30-15-13-25-23(27)18-6-5-14-26(16-18)31(28,29)20-11-9-19(24)10-12-20/h3-4,7-12,17-18H,5-6,13-16H2,1-2H3,(H,25,27). The number of hydrogen-bond acceptors (Lipinski definition) is 4. The van der Waals surface area contributed by atoms with Gasteiger partial charge >= 0.3 is 0 Å². The van der Waals surface area contributed by atoms with E-state index in [2.05, 4.69) is 19.2 Å². The van der Waals surface area contributed by atoms with Crippen molar-refractivity contribution >= 4 is 15.9 Å². The highest BCUT2D eigenvalue weighted by atomic mass is 32.2. The Labute approximate surface area is 183 Å². The molecule has 168 valence electrons. The predicted octanol–water partition coefficient (Wildman–Crippen LogP) is 3.55. The zero-order chi connectivity index (χ0) is 22.4. The van der Waals surface area contributed by atoms with E-state index in [-0.39, 0.29) is 17.3 Å². The molecule has 1 N–H and O–H groups in total. The van der Waals surface area contributed by atoms with Crippen LogP contribution in [-0.4, -0.2) is 44.9 Å². The van der Waals surface area contributed by atoms with Gasteiger partial charge in [-0.3, -0.25) is 4.79 Å². The summed E-state index contributed by atoms with van der Waals surface area (Å²) in [6, 6.07) is 12.6. The third kappa shape index (κ3) is 5.83. The van der Waals surface area contributed by atoms with E-state index in [0.717, 1.165) is 23.4 Å². The molecule has 0 saturated carbocycles. The zero-order valence-electron chi connectivity index (χ0n) is 17.9. The number of ether oxygens (including phenoxy) is 1. The highest BCUT2D eigenvalue weighted by Crippen LogP contribution is 2.26. The summed E-state index contributed by atoms with van der Waals surface area (Å²) >= 11 is 0. The summed E-state index contributed by atoms with van der Waals surface area (Å²) in [7, 11) is -3.76. The number of sulfonamides is 1. The highest BCUT2D eigenvalue weighted by molar-refractivity contribution is 7.89. The van der Waals surface area contributed by atoms with Gasteiger partial charge in [0.1, 0.15) is 18.2 Å². The molecule has 1 atom stereocenters. The van der Waals surface area contributed by atoms with Gasteiger partial charge in [0.15, 0.2) is 0 Å². The molecule has 0 radical (unpaired) electrons. The van der Waals surface area contributed by atoms with Crippen LogP contribution in [0.4, 0.5) is 4.39 Å². The average Bonchev–Trinajstić information content (AvgIpc) is 2.77. The summed E-state index contributed by atoms with van der Waals surface area (Å²) in [5, 5.41) is 2.86. The van der Waals surface area contributed by atoms with E-state index in [9.17, 15) is 17.6 Å². The lowest BCUT2D eigenvalue weighted by Crippen LogP contribution is -2.46. The molecule has 3 rings (SSSR count). The molecule has 0 aromatic heterocycles. The Morgan fingerprint density at radius 2 is 1.90 bits per heavy atom. The summed E-state index contributed by atoms with van der Waals surface area (Å²) in [6.45, 7) is 5.32. The molecule has 0 bridgehead atoms. The molecular formula is C23H29FN2O4S. The van der Waals surface area contributed by atoms with Crippen LogP contribution in [0.25, 0.3) is 0 Å². The number of hydrogen-bond donors (Lipinski definition) is 1. The van der Waals surface area contributed by atoms with Gasteiger partial charge in [-0.2, -0.15) is 4.31 Å². The van der Waals surface area contributed by atoms with Crippen LogP contribution in [0.15, 0.2) is 53.4 Å². The SMILES string of the molecule is CC(C)c1ccccc1OCCNC(=O)C1CCCN(S(=O)(=O)c2ccc(F)cc2)C1. The Kier molecular flexibility index (Phi) is 7.67. The first-order valence-electron chi connectivity index (χ1n) is 10.5. The van der Waals surface area contributed by atoms with E-state index in [0.29, 0.717) is 38.5 Å². The van der Waals surface area contributed by atoms with Crippen LogP contribution in [0.2, 0.25) is 0 Å². The number of benzene rings is 2. The van der Waals surface area contributed by atoms with Crippen LogP contribution in [0.3, 0.4) is 0 Å². The number of rotatable bonds is 8. The molecule has 1 amide bonds. The Hall–Kier alpha value is -2.45. The van der Waals surface area contributed by atoms with Gasteiger partial charge in [-0.05, 0) is 54.7 Å². The fourth-order valence-corrected chi connectivity index (χ4v) is 5.22. The van der Waals surface area contributed by atoms with Gasteiger partial charge in [0.05, 0.1) is 17.4 Å². The lowest BCUT2D eigenvalue weighted by atomic mass is 9.99. The molecule has 2 aromatic rings. The van der Waals surface area contributed by atoms with Crippen LogP contribution >= 0.6 is 0 Å². The topological polar surface area (TPSA) is 75.7 Å². The number of halogens is 1. The maximum Gasteiger partial charge on any atom is 0.243 e. The maximum atomic E-state index is 13.1. The Bertz CT molecular complexity index is 993. The quantitative estimate of drug-likeness (QED) is 0.627. The lowest BCUT2D eigenvalue weighted by molar-refractivity contribution is -0.126. The number of amides is 1. The van der Waals surface area contributed by atoms with Crippen molar-refractivity contribution in [2.24, 2.45) is 5.92 Å². The fraction of sp³-hybridized carbons (Fsp3) is 0.435. The van der Waals surface area contributed by atoms with Gasteiger partial charge in [0, 0.05) is 13.1 Å². The number of nitrogens with one attached hydrogen (secondary N) is 1. The molecule has 1 heterocycles. The van der Waals surface area contributed by atoms with Crippen LogP contribution in [-0.2, 0) is 14.8 Å². The van der Waals surface area contributed by atoms with Gasteiger partial charge < -0.3 is 10.1 Å². The van der Waals surface area contributed by atoms with E-state index < -0.39 is 21.8 Å². The normalized spacial score (nSPS) is 17.5. The molecule has 31 heavy (non-hydrogen) atoms. The molecule has 1 unspecified atom stereocenters. The largest absolute Gasteiger partial charge is 0.491 e. The zero-order valence-corrected chi connectivity index (χ0v) is 18.7. The van der Waals surface area contributed by atoms with Crippen molar-refractivity contribution in [3.8, 4) is 5.75 Å². The van der Waals surface area contributed by atoms with Crippen LogP contribution < -0.4 is 10.1 Å². The Morgan fingerprint density at radius 1 is 1.19 bits per heavy atom. The first-order chi connectivity index (χ1) is 14.8. The third-order valence-electron chi connectivity index (χ3n) is 5.41. The number of piperidine rings is 1. The predicted molar refractivity (Wildman–Crippen MR) is 117 cm³/mol. The second-order valence-corrected chi connectivity index (χ2v) is 9.93. The van der Waals surface area contributed by atoms with Gasteiger partial charge in [-0.1, -0.05) is 32.0 Å². The molecule has 0 aliphatic carbocycles. The van der Waals surface area contributed by atoms with E-state index in [1.807, 2.05) is 24.3 Å². The minimum Gasteiger partial charge on any atom is -0.491 e. The summed E-state index contributed by atoms with van der Waals surface area (Å²) in [4.78, 5) is 12.6. The van der Waals surface area contributed by atoms with E-state index in [1.165, 1.54) is 16.4 Å². The third-order valence-corrected chi connectivity index (χ3v) is 7.29. The van der Waals surface area contributed by atoms with Crippen molar-refractivity contribution in [2.45, 2.75) is 37.5 Å². The second kappa shape index (κ2) is 10.2. The number of carbonyl (C=O) groups is 1. The van der Waals surface area contributed by atoms with E-state index >= 15 is 0 Å². The van der Waals surface area contributed by atoms with Crippen molar-refractivity contribution in [1.29, 1.82) is 0 Å². The van der Waals surface area contributed by atoms with Crippen molar-refractivity contribution in [3.05, 3.63) is 59.9 Å². The first kappa shape index (κ1) is 23.2. The minimum absolute atomic E-state index is 0.0344. The molecule has 6 nitrogen and oxygen atoms in total. The number of nitrogens with zero attached hydrogens (tertiary/aromatic N) is 1. The lowest BCUT2D eigenvalue weighted by Gasteiger charge is -2.31. The Morgan fingerprint density at radius 3 is 2.61 bits per heavy atom. The van der Waals surface area contributed by atoms with E-state index in [1.54, 1.807) is 0 Å². The van der Waals surface area contributed by atoms with Crippen LogP contribution in [0.5, 0.6) is 5.75 Å². The molecule has 8 heteroatoms. The molecule has 1 aliphatic rings. The monoisotopic (exact) mass is 448 g/mol. The summed E-state index contributed by atoms with van der Waals surface area (Å²) < 4.78 is 45.9.